The Morgan fingerprint density at radius 2 is 2.25 bits per heavy atom. The van der Waals surface area contributed by atoms with E-state index in [1.54, 1.807) is 0 Å². The number of rotatable bonds is 4. The van der Waals surface area contributed by atoms with Gasteiger partial charge in [-0.2, -0.15) is 0 Å². The van der Waals surface area contributed by atoms with E-state index < -0.39 is 0 Å². The molecule has 2 amide bonds. The van der Waals surface area contributed by atoms with E-state index >= 15 is 0 Å². The number of carbonyl (C=O) groups excluding carboxylic acids is 1. The van der Waals surface area contributed by atoms with Gasteiger partial charge in [0.15, 0.2) is 0 Å². The Balaban J connectivity index is 2.49. The number of benzene rings is 1. The number of hydrogen-bond donors (Lipinski definition) is 3. The summed E-state index contributed by atoms with van der Waals surface area (Å²) in [6.07, 6.45) is 0.558. The standard InChI is InChI=1S/C11H15BrN2O2/c1-8-3-4-10(9(12)7-8)14-11(16)13-5-2-6-15/h3-4,7,15H,2,5-6H2,1H3,(H2,13,14,16). The fourth-order valence-corrected chi connectivity index (χ4v) is 1.76. The summed E-state index contributed by atoms with van der Waals surface area (Å²) in [4.78, 5) is 11.4. The van der Waals surface area contributed by atoms with Crippen LogP contribution in [0.25, 0.3) is 0 Å². The number of carbonyl (C=O) groups is 1. The Bertz CT molecular complexity index is 369. The van der Waals surface area contributed by atoms with Crippen molar-refractivity contribution in [3.8, 4) is 0 Å². The van der Waals surface area contributed by atoms with Gasteiger partial charge in [0.2, 0.25) is 0 Å². The van der Waals surface area contributed by atoms with Gasteiger partial charge in [-0.05, 0) is 47.0 Å². The molecule has 1 aromatic rings. The van der Waals surface area contributed by atoms with Gasteiger partial charge in [0, 0.05) is 17.6 Å². The molecule has 5 heteroatoms. The lowest BCUT2D eigenvalue weighted by Crippen LogP contribution is -2.30. The molecular weight excluding hydrogens is 272 g/mol. The van der Waals surface area contributed by atoms with E-state index in [0.717, 1.165) is 15.7 Å². The second kappa shape index (κ2) is 6.50. The summed E-state index contributed by atoms with van der Waals surface area (Å²) in [5.74, 6) is 0. The first kappa shape index (κ1) is 13.0. The molecule has 4 nitrogen and oxygen atoms in total. The molecule has 0 heterocycles. The number of anilines is 1. The zero-order valence-electron chi connectivity index (χ0n) is 9.09. The van der Waals surface area contributed by atoms with Gasteiger partial charge in [-0.15, -0.1) is 0 Å². The normalized spacial score (nSPS) is 9.94. The Morgan fingerprint density at radius 3 is 2.88 bits per heavy atom. The first-order valence-corrected chi connectivity index (χ1v) is 5.84. The Hall–Kier alpha value is -1.07. The van der Waals surface area contributed by atoms with Crippen LogP contribution in [0.1, 0.15) is 12.0 Å². The minimum Gasteiger partial charge on any atom is -0.396 e. The van der Waals surface area contributed by atoms with Crippen LogP contribution >= 0.6 is 15.9 Å². The lowest BCUT2D eigenvalue weighted by atomic mass is 10.2. The van der Waals surface area contributed by atoms with Crippen LogP contribution in [0, 0.1) is 6.92 Å². The molecule has 0 saturated heterocycles. The van der Waals surface area contributed by atoms with Crippen LogP contribution < -0.4 is 10.6 Å². The highest BCUT2D eigenvalue weighted by molar-refractivity contribution is 9.10. The molecule has 0 aliphatic carbocycles. The average Bonchev–Trinajstić information content (AvgIpc) is 2.23. The topological polar surface area (TPSA) is 61.4 Å². The minimum absolute atomic E-state index is 0.0779. The molecule has 0 saturated carbocycles. The molecule has 0 unspecified atom stereocenters. The van der Waals surface area contributed by atoms with Crippen LogP contribution in [-0.4, -0.2) is 24.3 Å². The molecule has 0 spiro atoms. The van der Waals surface area contributed by atoms with Gasteiger partial charge in [-0.25, -0.2) is 4.79 Å². The summed E-state index contributed by atoms with van der Waals surface area (Å²) in [5, 5.41) is 13.9. The van der Waals surface area contributed by atoms with E-state index in [1.807, 2.05) is 25.1 Å². The molecular formula is C11H15BrN2O2. The van der Waals surface area contributed by atoms with E-state index in [0.29, 0.717) is 13.0 Å². The smallest absolute Gasteiger partial charge is 0.319 e. The van der Waals surface area contributed by atoms with Gasteiger partial charge in [0.05, 0.1) is 5.69 Å². The van der Waals surface area contributed by atoms with Crippen molar-refractivity contribution in [1.82, 2.24) is 5.32 Å². The van der Waals surface area contributed by atoms with E-state index in [-0.39, 0.29) is 12.6 Å². The molecule has 0 aliphatic heterocycles. The zero-order valence-corrected chi connectivity index (χ0v) is 10.7. The summed E-state index contributed by atoms with van der Waals surface area (Å²) in [7, 11) is 0. The number of aliphatic hydroxyl groups is 1. The molecule has 0 bridgehead atoms. The van der Waals surface area contributed by atoms with Crippen LogP contribution in [0.3, 0.4) is 0 Å². The summed E-state index contributed by atoms with van der Waals surface area (Å²) < 4.78 is 0.852. The Morgan fingerprint density at radius 1 is 1.50 bits per heavy atom. The molecule has 0 aliphatic rings. The highest BCUT2D eigenvalue weighted by Crippen LogP contribution is 2.22. The molecule has 1 aromatic carbocycles. The lowest BCUT2D eigenvalue weighted by Gasteiger charge is -2.09. The fraction of sp³-hybridized carbons (Fsp3) is 0.364. The summed E-state index contributed by atoms with van der Waals surface area (Å²) in [5.41, 5.74) is 1.85. The van der Waals surface area contributed by atoms with E-state index in [2.05, 4.69) is 26.6 Å². The van der Waals surface area contributed by atoms with Crippen LogP contribution in [-0.2, 0) is 0 Å². The van der Waals surface area contributed by atoms with Gasteiger partial charge in [-0.3, -0.25) is 0 Å². The Kier molecular flexibility index (Phi) is 5.28. The number of urea groups is 1. The number of halogens is 1. The predicted molar refractivity (Wildman–Crippen MR) is 67.6 cm³/mol. The summed E-state index contributed by atoms with van der Waals surface area (Å²) in [6.45, 7) is 2.52. The van der Waals surface area contributed by atoms with E-state index in [9.17, 15) is 4.79 Å². The van der Waals surface area contributed by atoms with Gasteiger partial charge >= 0.3 is 6.03 Å². The molecule has 0 atom stereocenters. The van der Waals surface area contributed by atoms with Gasteiger partial charge in [0.1, 0.15) is 0 Å². The van der Waals surface area contributed by atoms with Gasteiger partial charge in [0.25, 0.3) is 0 Å². The quantitative estimate of drug-likeness (QED) is 0.744. The molecule has 88 valence electrons. The molecule has 1 rings (SSSR count). The summed E-state index contributed by atoms with van der Waals surface area (Å²) in [6, 6.07) is 5.43. The largest absolute Gasteiger partial charge is 0.396 e. The number of hydrogen-bond acceptors (Lipinski definition) is 2. The maximum Gasteiger partial charge on any atom is 0.319 e. The average molecular weight is 287 g/mol. The van der Waals surface area contributed by atoms with Crippen LogP contribution in [0.5, 0.6) is 0 Å². The van der Waals surface area contributed by atoms with Crippen LogP contribution in [0.2, 0.25) is 0 Å². The molecule has 0 aromatic heterocycles. The van der Waals surface area contributed by atoms with Crippen molar-refractivity contribution >= 4 is 27.6 Å². The highest BCUT2D eigenvalue weighted by atomic mass is 79.9. The van der Waals surface area contributed by atoms with Crippen molar-refractivity contribution in [3.05, 3.63) is 28.2 Å². The minimum atomic E-state index is -0.266. The molecule has 3 N–H and O–H groups in total. The molecule has 0 radical (unpaired) electrons. The predicted octanol–water partition coefficient (Wildman–Crippen LogP) is 2.26. The van der Waals surface area contributed by atoms with Gasteiger partial charge < -0.3 is 15.7 Å². The zero-order chi connectivity index (χ0) is 12.0. The third-order valence-corrected chi connectivity index (χ3v) is 2.65. The van der Waals surface area contributed by atoms with Crippen LogP contribution in [0.15, 0.2) is 22.7 Å². The summed E-state index contributed by atoms with van der Waals surface area (Å²) >= 11 is 3.37. The third kappa shape index (κ3) is 4.20. The maximum atomic E-state index is 11.4. The highest BCUT2D eigenvalue weighted by Gasteiger charge is 2.04. The van der Waals surface area contributed by atoms with E-state index in [4.69, 9.17) is 5.11 Å². The van der Waals surface area contributed by atoms with Crippen molar-refractivity contribution < 1.29 is 9.90 Å². The van der Waals surface area contributed by atoms with Gasteiger partial charge in [-0.1, -0.05) is 6.07 Å². The second-order valence-corrected chi connectivity index (χ2v) is 4.30. The molecule has 16 heavy (non-hydrogen) atoms. The first-order valence-electron chi connectivity index (χ1n) is 5.05. The SMILES string of the molecule is Cc1ccc(NC(=O)NCCCO)c(Br)c1. The molecule has 0 fully saturated rings. The van der Waals surface area contributed by atoms with Crippen molar-refractivity contribution in [3.63, 3.8) is 0 Å². The number of amides is 2. The first-order chi connectivity index (χ1) is 7.63. The van der Waals surface area contributed by atoms with Crippen molar-refractivity contribution in [2.24, 2.45) is 0 Å². The monoisotopic (exact) mass is 286 g/mol. The van der Waals surface area contributed by atoms with Crippen molar-refractivity contribution in [1.29, 1.82) is 0 Å². The van der Waals surface area contributed by atoms with Crippen LogP contribution in [0.4, 0.5) is 10.5 Å². The van der Waals surface area contributed by atoms with Crippen molar-refractivity contribution in [2.75, 3.05) is 18.5 Å². The maximum absolute atomic E-state index is 11.4. The number of nitrogens with one attached hydrogen (secondary N) is 2. The van der Waals surface area contributed by atoms with E-state index in [1.165, 1.54) is 0 Å². The fourth-order valence-electron chi connectivity index (χ4n) is 1.17. The number of aryl methyl sites for hydroxylation is 1. The number of aliphatic hydroxyl groups excluding tert-OH is 1. The third-order valence-electron chi connectivity index (χ3n) is 1.99. The lowest BCUT2D eigenvalue weighted by molar-refractivity contribution is 0.249. The second-order valence-electron chi connectivity index (χ2n) is 3.44. The Labute approximate surface area is 103 Å². The van der Waals surface area contributed by atoms with Crippen molar-refractivity contribution in [2.45, 2.75) is 13.3 Å².